The summed E-state index contributed by atoms with van der Waals surface area (Å²) in [5.41, 5.74) is -0.930. The molecule has 2 aliphatic rings. The summed E-state index contributed by atoms with van der Waals surface area (Å²) in [5, 5.41) is 0. The van der Waals surface area contributed by atoms with Gasteiger partial charge < -0.3 is 19.3 Å². The monoisotopic (exact) mass is 465 g/mol. The number of likely N-dealkylation sites (tertiary alicyclic amines) is 2. The average molecular weight is 466 g/mol. The smallest absolute Gasteiger partial charge is 0.410 e. The van der Waals surface area contributed by atoms with Crippen molar-refractivity contribution in [3.05, 3.63) is 0 Å². The van der Waals surface area contributed by atoms with E-state index in [2.05, 4.69) is 6.29 Å². The normalized spacial score (nSPS) is 19.0. The number of carbonyl (C=O) groups excluding carboxylic acids is 3. The summed E-state index contributed by atoms with van der Waals surface area (Å²) in [5.74, 6) is 1.09. The molecule has 33 heavy (non-hydrogen) atoms. The lowest BCUT2D eigenvalue weighted by Gasteiger charge is -2.34. The number of piperidine rings is 2. The molecule has 0 aromatic carbocycles. The molecule has 2 amide bonds. The van der Waals surface area contributed by atoms with Crippen LogP contribution >= 0.6 is 0 Å². The summed E-state index contributed by atoms with van der Waals surface area (Å²) in [4.78, 5) is 39.6. The third kappa shape index (κ3) is 10.3. The number of ether oxygens (including phenoxy) is 2. The van der Waals surface area contributed by atoms with Crippen LogP contribution in [0.15, 0.2) is 0 Å². The van der Waals surface area contributed by atoms with Crippen LogP contribution in [0.5, 0.6) is 0 Å². The van der Waals surface area contributed by atoms with Gasteiger partial charge >= 0.3 is 12.2 Å². The number of nitrogens with zero attached hydrogens (tertiary/aromatic N) is 2. The molecule has 0 aromatic heterocycles. The van der Waals surface area contributed by atoms with Gasteiger partial charge in [0, 0.05) is 32.1 Å². The van der Waals surface area contributed by atoms with E-state index >= 15 is 0 Å². The molecule has 2 heterocycles. The van der Waals surface area contributed by atoms with Crippen molar-refractivity contribution < 1.29 is 23.9 Å². The second-order valence-electron chi connectivity index (χ2n) is 11.8. The molecule has 0 unspecified atom stereocenters. The second kappa shape index (κ2) is 12.1. The third-order valence-electron chi connectivity index (χ3n) is 6.55. The van der Waals surface area contributed by atoms with Gasteiger partial charge in [-0.2, -0.15) is 0 Å². The second-order valence-corrected chi connectivity index (χ2v) is 11.8. The molecule has 0 bridgehead atoms. The largest absolute Gasteiger partial charge is 0.444 e. The molecular weight excluding hydrogens is 420 g/mol. The lowest BCUT2D eigenvalue weighted by molar-refractivity contribution is 0.0172. The third-order valence-corrected chi connectivity index (χ3v) is 6.55. The minimum Gasteiger partial charge on any atom is -0.444 e. The highest BCUT2D eigenvalue weighted by atomic mass is 16.6. The van der Waals surface area contributed by atoms with E-state index in [9.17, 15) is 14.4 Å². The number of rotatable bonds is 7. The summed E-state index contributed by atoms with van der Waals surface area (Å²) < 4.78 is 10.9. The van der Waals surface area contributed by atoms with Crippen LogP contribution in [-0.2, 0) is 14.3 Å². The van der Waals surface area contributed by atoms with Gasteiger partial charge in [0.1, 0.15) is 11.2 Å². The van der Waals surface area contributed by atoms with E-state index in [4.69, 9.17) is 9.47 Å². The van der Waals surface area contributed by atoms with Crippen molar-refractivity contribution in [1.82, 2.24) is 9.80 Å². The van der Waals surface area contributed by atoms with Gasteiger partial charge in [0.25, 0.3) is 0 Å². The van der Waals surface area contributed by atoms with Crippen LogP contribution in [0.2, 0.25) is 0 Å². The Morgan fingerprint density at radius 1 is 0.758 bits per heavy atom. The Morgan fingerprint density at radius 3 is 1.36 bits per heavy atom. The fourth-order valence-electron chi connectivity index (χ4n) is 4.60. The molecule has 0 N–H and O–H groups in total. The highest BCUT2D eigenvalue weighted by molar-refractivity contribution is 5.68. The van der Waals surface area contributed by atoms with Crippen molar-refractivity contribution in [3.8, 4) is 0 Å². The zero-order chi connectivity index (χ0) is 24.6. The molecule has 2 fully saturated rings. The van der Waals surface area contributed by atoms with Gasteiger partial charge in [-0.1, -0.05) is 0 Å². The maximum absolute atomic E-state index is 12.2. The predicted octanol–water partition coefficient (Wildman–Crippen LogP) is 5.57. The van der Waals surface area contributed by atoms with Crippen LogP contribution in [-0.4, -0.2) is 65.7 Å². The van der Waals surface area contributed by atoms with E-state index in [0.29, 0.717) is 11.8 Å². The number of hydrogen-bond donors (Lipinski definition) is 0. The Balaban J connectivity index is 1.63. The first kappa shape index (κ1) is 27.5. The Labute approximate surface area is 200 Å². The Bertz CT molecular complexity index is 584. The summed E-state index contributed by atoms with van der Waals surface area (Å²) in [6.07, 6.45) is 9.45. The van der Waals surface area contributed by atoms with Gasteiger partial charge in [-0.15, -0.1) is 0 Å². The molecule has 2 saturated heterocycles. The van der Waals surface area contributed by atoms with Gasteiger partial charge in [-0.3, -0.25) is 4.79 Å². The topological polar surface area (TPSA) is 76.2 Å². The predicted molar refractivity (Wildman–Crippen MR) is 129 cm³/mol. The summed E-state index contributed by atoms with van der Waals surface area (Å²) in [6.45, 7) is 14.2. The zero-order valence-electron chi connectivity index (χ0n) is 21.7. The molecule has 2 aliphatic heterocycles. The van der Waals surface area contributed by atoms with E-state index in [-0.39, 0.29) is 18.1 Å². The molecule has 0 aromatic rings. The van der Waals surface area contributed by atoms with Crippen LogP contribution in [0.25, 0.3) is 0 Å². The van der Waals surface area contributed by atoms with Crippen LogP contribution in [0.1, 0.15) is 92.9 Å². The van der Waals surface area contributed by atoms with Crippen molar-refractivity contribution in [2.24, 2.45) is 17.8 Å². The van der Waals surface area contributed by atoms with E-state index in [1.54, 1.807) is 9.80 Å². The van der Waals surface area contributed by atoms with Gasteiger partial charge in [0.05, 0.1) is 0 Å². The fraction of sp³-hybridized carbons (Fsp3) is 0.885. The molecule has 0 aliphatic carbocycles. The van der Waals surface area contributed by atoms with Crippen molar-refractivity contribution in [1.29, 1.82) is 0 Å². The number of amides is 2. The van der Waals surface area contributed by atoms with Crippen LogP contribution in [0, 0.1) is 17.8 Å². The molecular formula is C26H45N2O5. The van der Waals surface area contributed by atoms with Crippen LogP contribution < -0.4 is 0 Å². The Kier molecular flexibility index (Phi) is 10.0. The molecule has 7 heteroatoms. The minimum absolute atomic E-state index is 0.0160. The van der Waals surface area contributed by atoms with Crippen LogP contribution in [0.3, 0.4) is 0 Å². The standard InChI is InChI=1S/C26H45N2O5/c1-25(2,3)32-23(30)27-15-11-20(12-16-27)7-9-22(19-29)10-8-21-13-17-28(18-14-21)24(31)33-26(4,5)6/h20-22H,7-18H2,1-6H3. The number of hydrogen-bond acceptors (Lipinski definition) is 5. The summed E-state index contributed by atoms with van der Waals surface area (Å²) in [6, 6.07) is 0. The van der Waals surface area contributed by atoms with Crippen molar-refractivity contribution in [3.63, 3.8) is 0 Å². The summed E-state index contributed by atoms with van der Waals surface area (Å²) >= 11 is 0. The van der Waals surface area contributed by atoms with E-state index < -0.39 is 11.2 Å². The molecule has 1 radical (unpaired) electrons. The van der Waals surface area contributed by atoms with Crippen molar-refractivity contribution >= 4 is 18.5 Å². The highest BCUT2D eigenvalue weighted by Gasteiger charge is 2.29. The van der Waals surface area contributed by atoms with E-state index in [1.807, 2.05) is 41.5 Å². The van der Waals surface area contributed by atoms with Gasteiger partial charge in [0.2, 0.25) is 6.29 Å². The summed E-state index contributed by atoms with van der Waals surface area (Å²) in [7, 11) is 0. The average Bonchev–Trinajstić information content (AvgIpc) is 2.72. The number of carbonyl (C=O) groups is 2. The first-order chi connectivity index (χ1) is 15.4. The molecule has 0 saturated carbocycles. The molecule has 0 spiro atoms. The fourth-order valence-corrected chi connectivity index (χ4v) is 4.60. The van der Waals surface area contributed by atoms with Gasteiger partial charge in [-0.05, 0) is 105 Å². The Morgan fingerprint density at radius 2 is 1.09 bits per heavy atom. The van der Waals surface area contributed by atoms with E-state index in [1.165, 1.54) is 0 Å². The SMILES string of the molecule is CC(C)(C)OC(=O)N1CCC(CCC([C]=O)CCC2CCN(C(=O)OC(C)(C)C)CC2)CC1. The minimum atomic E-state index is -0.465. The first-order valence-electron chi connectivity index (χ1n) is 12.7. The Hall–Kier alpha value is -1.79. The van der Waals surface area contributed by atoms with Gasteiger partial charge in [-0.25, -0.2) is 9.59 Å². The molecule has 0 atom stereocenters. The van der Waals surface area contributed by atoms with Crippen molar-refractivity contribution in [2.45, 2.75) is 104 Å². The van der Waals surface area contributed by atoms with Crippen LogP contribution in [0.4, 0.5) is 9.59 Å². The quantitative estimate of drug-likeness (QED) is 0.491. The maximum atomic E-state index is 12.2. The van der Waals surface area contributed by atoms with Gasteiger partial charge in [0.15, 0.2) is 0 Å². The lowest BCUT2D eigenvalue weighted by Crippen LogP contribution is -2.41. The lowest BCUT2D eigenvalue weighted by atomic mass is 9.85. The maximum Gasteiger partial charge on any atom is 0.410 e. The van der Waals surface area contributed by atoms with E-state index in [0.717, 1.165) is 77.5 Å². The first-order valence-corrected chi connectivity index (χ1v) is 12.7. The highest BCUT2D eigenvalue weighted by Crippen LogP contribution is 2.29. The molecule has 189 valence electrons. The molecule has 7 nitrogen and oxygen atoms in total. The molecule has 2 rings (SSSR count). The van der Waals surface area contributed by atoms with Crippen molar-refractivity contribution in [2.75, 3.05) is 26.2 Å². The zero-order valence-corrected chi connectivity index (χ0v) is 21.7.